The predicted molar refractivity (Wildman–Crippen MR) is 316 cm³/mol. The second-order valence-electron chi connectivity index (χ2n) is 21.7. The molecule has 0 aliphatic carbocycles. The second-order valence-corrected chi connectivity index (χ2v) is 21.7. The summed E-state index contributed by atoms with van der Waals surface area (Å²) in [6.07, 6.45) is 76.9. The Morgan fingerprint density at radius 3 is 0.836 bits per heavy atom. The summed E-state index contributed by atoms with van der Waals surface area (Å²) in [7, 11) is 0. The molecule has 0 aromatic heterocycles. The fourth-order valence-corrected chi connectivity index (χ4v) is 9.46. The maximum absolute atomic E-state index is 12.9. The van der Waals surface area contributed by atoms with Crippen molar-refractivity contribution in [3.05, 3.63) is 48.6 Å². The molecular formula is C67H122O6. The molecular weight excluding hydrogens is 901 g/mol. The molecule has 0 rings (SSSR count). The van der Waals surface area contributed by atoms with Crippen molar-refractivity contribution in [1.82, 2.24) is 0 Å². The van der Waals surface area contributed by atoms with Crippen LogP contribution in [0.3, 0.4) is 0 Å². The number of carbonyl (C=O) groups excluding carboxylic acids is 3. The minimum atomic E-state index is -0.792. The Morgan fingerprint density at radius 1 is 0.274 bits per heavy atom. The van der Waals surface area contributed by atoms with Gasteiger partial charge in [-0.25, -0.2) is 0 Å². The third-order valence-electron chi connectivity index (χ3n) is 14.3. The predicted octanol–water partition coefficient (Wildman–Crippen LogP) is 21.8. The second kappa shape index (κ2) is 61.9. The van der Waals surface area contributed by atoms with E-state index < -0.39 is 6.10 Å². The monoisotopic (exact) mass is 1020 g/mol. The number of hydrogen-bond donors (Lipinski definition) is 0. The topological polar surface area (TPSA) is 78.9 Å². The summed E-state index contributed by atoms with van der Waals surface area (Å²) >= 11 is 0. The van der Waals surface area contributed by atoms with Crippen LogP contribution in [0.15, 0.2) is 48.6 Å². The van der Waals surface area contributed by atoms with E-state index in [0.29, 0.717) is 25.7 Å². The molecule has 0 unspecified atom stereocenters. The van der Waals surface area contributed by atoms with Crippen LogP contribution in [0, 0.1) is 0 Å². The number of rotatable bonds is 59. The van der Waals surface area contributed by atoms with Gasteiger partial charge in [0.05, 0.1) is 0 Å². The lowest BCUT2D eigenvalue weighted by Gasteiger charge is -2.18. The van der Waals surface area contributed by atoms with Gasteiger partial charge in [0, 0.05) is 19.3 Å². The van der Waals surface area contributed by atoms with Gasteiger partial charge in [-0.3, -0.25) is 14.4 Å². The van der Waals surface area contributed by atoms with Gasteiger partial charge >= 0.3 is 17.9 Å². The molecule has 0 bridgehead atoms. The SMILES string of the molecule is CCCCCCCC/C=C\C/C=C\C/C=C\CCCC(=O)OC[C@H](COC(=O)CCCCCCCCCCCCCCCCCCC)OC(=O)CCCCCCCCCCCCC/C=C\CCCCCCCC. The van der Waals surface area contributed by atoms with Gasteiger partial charge in [-0.1, -0.05) is 294 Å². The third-order valence-corrected chi connectivity index (χ3v) is 14.3. The summed E-state index contributed by atoms with van der Waals surface area (Å²) < 4.78 is 16.9. The Kier molecular flexibility index (Phi) is 59.7. The van der Waals surface area contributed by atoms with Crippen molar-refractivity contribution < 1.29 is 28.6 Å². The normalized spacial score (nSPS) is 12.3. The summed E-state index contributed by atoms with van der Waals surface area (Å²) in [6, 6.07) is 0. The molecule has 6 nitrogen and oxygen atoms in total. The zero-order valence-corrected chi connectivity index (χ0v) is 48.9. The van der Waals surface area contributed by atoms with Gasteiger partial charge in [-0.15, -0.1) is 0 Å². The fourth-order valence-electron chi connectivity index (χ4n) is 9.46. The Bertz CT molecular complexity index is 1270. The first-order chi connectivity index (χ1) is 36.0. The average molecular weight is 1020 g/mol. The van der Waals surface area contributed by atoms with Crippen LogP contribution in [-0.4, -0.2) is 37.2 Å². The minimum Gasteiger partial charge on any atom is -0.462 e. The molecule has 426 valence electrons. The number of carbonyl (C=O) groups is 3. The molecule has 0 N–H and O–H groups in total. The first-order valence-electron chi connectivity index (χ1n) is 32.1. The maximum atomic E-state index is 12.9. The van der Waals surface area contributed by atoms with Crippen LogP contribution in [0.5, 0.6) is 0 Å². The summed E-state index contributed by atoms with van der Waals surface area (Å²) in [5.41, 5.74) is 0. The number of hydrogen-bond acceptors (Lipinski definition) is 6. The van der Waals surface area contributed by atoms with E-state index in [1.165, 1.54) is 238 Å². The Labute approximate surface area is 454 Å². The molecule has 0 heterocycles. The molecule has 0 spiro atoms. The van der Waals surface area contributed by atoms with Gasteiger partial charge in [0.15, 0.2) is 6.10 Å². The number of allylic oxidation sites excluding steroid dienone is 8. The van der Waals surface area contributed by atoms with Crippen LogP contribution in [0.25, 0.3) is 0 Å². The van der Waals surface area contributed by atoms with E-state index in [9.17, 15) is 14.4 Å². The van der Waals surface area contributed by atoms with Crippen LogP contribution in [0.2, 0.25) is 0 Å². The van der Waals surface area contributed by atoms with Gasteiger partial charge in [0.1, 0.15) is 13.2 Å². The van der Waals surface area contributed by atoms with Gasteiger partial charge in [0.25, 0.3) is 0 Å². The van der Waals surface area contributed by atoms with Crippen LogP contribution in [-0.2, 0) is 28.6 Å². The Balaban J connectivity index is 4.39. The summed E-state index contributed by atoms with van der Waals surface area (Å²) in [4.78, 5) is 38.3. The van der Waals surface area contributed by atoms with Gasteiger partial charge < -0.3 is 14.2 Å². The van der Waals surface area contributed by atoms with Crippen LogP contribution in [0.4, 0.5) is 0 Å². The lowest BCUT2D eigenvalue weighted by Crippen LogP contribution is -2.30. The van der Waals surface area contributed by atoms with Crippen LogP contribution >= 0.6 is 0 Å². The summed E-state index contributed by atoms with van der Waals surface area (Å²) in [6.45, 7) is 6.64. The molecule has 0 aliphatic heterocycles. The smallest absolute Gasteiger partial charge is 0.306 e. The number of unbranched alkanes of at least 4 members (excludes halogenated alkanes) is 40. The lowest BCUT2D eigenvalue weighted by molar-refractivity contribution is -0.167. The van der Waals surface area contributed by atoms with Crippen molar-refractivity contribution in [3.63, 3.8) is 0 Å². The van der Waals surface area contributed by atoms with E-state index in [2.05, 4.69) is 69.4 Å². The molecule has 0 aromatic rings. The molecule has 0 amide bonds. The number of esters is 3. The molecule has 1 atom stereocenters. The largest absolute Gasteiger partial charge is 0.462 e. The molecule has 0 fully saturated rings. The lowest BCUT2D eigenvalue weighted by atomic mass is 10.0. The Hall–Kier alpha value is -2.63. The highest BCUT2D eigenvalue weighted by molar-refractivity contribution is 5.71. The van der Waals surface area contributed by atoms with E-state index >= 15 is 0 Å². The quantitative estimate of drug-likeness (QED) is 0.0261. The zero-order chi connectivity index (χ0) is 52.9. The summed E-state index contributed by atoms with van der Waals surface area (Å²) in [5.74, 6) is -0.919. The average Bonchev–Trinajstić information content (AvgIpc) is 3.39. The zero-order valence-electron chi connectivity index (χ0n) is 48.9. The first kappa shape index (κ1) is 70.4. The summed E-state index contributed by atoms with van der Waals surface area (Å²) in [5, 5.41) is 0. The van der Waals surface area contributed by atoms with Gasteiger partial charge in [0.2, 0.25) is 0 Å². The molecule has 6 heteroatoms. The van der Waals surface area contributed by atoms with Crippen LogP contribution < -0.4 is 0 Å². The first-order valence-corrected chi connectivity index (χ1v) is 32.1. The highest BCUT2D eigenvalue weighted by atomic mass is 16.6. The van der Waals surface area contributed by atoms with E-state index in [1.807, 2.05) is 0 Å². The Morgan fingerprint density at radius 2 is 0.507 bits per heavy atom. The van der Waals surface area contributed by atoms with E-state index in [4.69, 9.17) is 14.2 Å². The van der Waals surface area contributed by atoms with E-state index in [1.54, 1.807) is 0 Å². The fraction of sp³-hybridized carbons (Fsp3) is 0.836. The highest BCUT2D eigenvalue weighted by Crippen LogP contribution is 2.17. The standard InChI is InChI=1S/C67H122O6/c1-4-7-10-13-16-19-22-25-28-31-32-33-34-37-40-43-46-49-52-55-58-61-67(70)73-64(62-71-65(68)59-56-53-50-47-44-41-38-35-29-26-23-20-17-14-11-8-5-2)63-72-66(69)60-57-54-51-48-45-42-39-36-30-27-24-21-18-15-12-9-6-3/h25-26,28-29,38,41,47,50,64H,4-24,27,30-37,39-40,42-46,48-49,51-63H2,1-3H3/b28-25-,29-26-,41-38-,50-47-/t64-/m1/s1. The molecule has 0 saturated heterocycles. The highest BCUT2D eigenvalue weighted by Gasteiger charge is 2.19. The van der Waals surface area contributed by atoms with Crippen molar-refractivity contribution in [2.75, 3.05) is 13.2 Å². The van der Waals surface area contributed by atoms with Crippen LogP contribution in [0.1, 0.15) is 342 Å². The molecule has 0 aromatic carbocycles. The molecule has 0 radical (unpaired) electrons. The van der Waals surface area contributed by atoms with Gasteiger partial charge in [-0.05, 0) is 77.0 Å². The van der Waals surface area contributed by atoms with E-state index in [-0.39, 0.29) is 31.1 Å². The molecule has 0 saturated carbocycles. The molecule has 0 aliphatic rings. The van der Waals surface area contributed by atoms with Crippen molar-refractivity contribution in [2.45, 2.75) is 348 Å². The maximum Gasteiger partial charge on any atom is 0.306 e. The minimum absolute atomic E-state index is 0.0850. The van der Waals surface area contributed by atoms with Crippen molar-refractivity contribution in [1.29, 1.82) is 0 Å². The van der Waals surface area contributed by atoms with Crippen molar-refractivity contribution in [2.24, 2.45) is 0 Å². The number of ether oxygens (including phenoxy) is 3. The van der Waals surface area contributed by atoms with Crippen molar-refractivity contribution >= 4 is 17.9 Å². The van der Waals surface area contributed by atoms with Crippen molar-refractivity contribution in [3.8, 4) is 0 Å². The van der Waals surface area contributed by atoms with Gasteiger partial charge in [-0.2, -0.15) is 0 Å². The molecule has 73 heavy (non-hydrogen) atoms. The van der Waals surface area contributed by atoms with E-state index in [0.717, 1.165) is 57.8 Å². The third kappa shape index (κ3) is 60.1.